The number of aromatic nitrogens is 1. The van der Waals surface area contributed by atoms with Crippen LogP contribution in [0.5, 0.6) is 0 Å². The molecular formula is C11H15NO2. The maximum Gasteiger partial charge on any atom is 0.195 e. The zero-order valence-corrected chi connectivity index (χ0v) is 8.74. The molecule has 1 rings (SSSR count). The minimum Gasteiger partial charge on any atom is -0.382 e. The van der Waals surface area contributed by atoms with Gasteiger partial charge in [-0.2, -0.15) is 0 Å². The van der Waals surface area contributed by atoms with E-state index >= 15 is 0 Å². The summed E-state index contributed by atoms with van der Waals surface area (Å²) in [4.78, 5) is 15.7. The van der Waals surface area contributed by atoms with Crippen LogP contribution in [0.15, 0.2) is 18.3 Å². The van der Waals surface area contributed by atoms with Gasteiger partial charge < -0.3 is 5.11 Å². The molecule has 0 spiro atoms. The predicted molar refractivity (Wildman–Crippen MR) is 54.2 cm³/mol. The highest BCUT2D eigenvalue weighted by Crippen LogP contribution is 2.16. The van der Waals surface area contributed by atoms with Gasteiger partial charge in [0.15, 0.2) is 5.78 Å². The van der Waals surface area contributed by atoms with Crippen LogP contribution >= 0.6 is 0 Å². The van der Waals surface area contributed by atoms with Crippen LogP contribution in [0.1, 0.15) is 36.3 Å². The van der Waals surface area contributed by atoms with Gasteiger partial charge in [0, 0.05) is 17.5 Å². The Morgan fingerprint density at radius 1 is 1.57 bits per heavy atom. The number of pyridine rings is 1. The lowest BCUT2D eigenvalue weighted by Gasteiger charge is -2.19. The SMILES string of the molecule is CCC(C)(O)C(=O)c1ccc(C)nc1. The van der Waals surface area contributed by atoms with Crippen LogP contribution in [0.25, 0.3) is 0 Å². The quantitative estimate of drug-likeness (QED) is 0.744. The summed E-state index contributed by atoms with van der Waals surface area (Å²) in [6, 6.07) is 3.45. The van der Waals surface area contributed by atoms with Crippen LogP contribution < -0.4 is 0 Å². The molecule has 0 bridgehead atoms. The molecule has 0 amide bonds. The molecule has 3 heteroatoms. The van der Waals surface area contributed by atoms with Crippen molar-refractivity contribution in [1.29, 1.82) is 0 Å². The van der Waals surface area contributed by atoms with E-state index in [1.54, 1.807) is 19.1 Å². The van der Waals surface area contributed by atoms with E-state index in [9.17, 15) is 9.90 Å². The van der Waals surface area contributed by atoms with Crippen molar-refractivity contribution in [2.75, 3.05) is 0 Å². The van der Waals surface area contributed by atoms with E-state index in [4.69, 9.17) is 0 Å². The molecule has 14 heavy (non-hydrogen) atoms. The van der Waals surface area contributed by atoms with Gasteiger partial charge in [-0.25, -0.2) is 0 Å². The first-order valence-electron chi connectivity index (χ1n) is 4.67. The normalized spacial score (nSPS) is 14.9. The van der Waals surface area contributed by atoms with Gasteiger partial charge in [-0.1, -0.05) is 6.92 Å². The summed E-state index contributed by atoms with van der Waals surface area (Å²) in [6.07, 6.45) is 1.90. The standard InChI is InChI=1S/C11H15NO2/c1-4-11(3,14)10(13)9-6-5-8(2)12-7-9/h5-7,14H,4H2,1-3H3. The zero-order valence-electron chi connectivity index (χ0n) is 8.74. The summed E-state index contributed by atoms with van der Waals surface area (Å²) in [5.74, 6) is -0.271. The predicted octanol–water partition coefficient (Wildman–Crippen LogP) is 1.73. The number of nitrogens with zero attached hydrogens (tertiary/aromatic N) is 1. The number of ketones is 1. The third kappa shape index (κ3) is 2.17. The number of hydrogen-bond donors (Lipinski definition) is 1. The monoisotopic (exact) mass is 193 g/mol. The van der Waals surface area contributed by atoms with Crippen molar-refractivity contribution in [3.8, 4) is 0 Å². The second kappa shape index (κ2) is 3.88. The molecule has 0 saturated heterocycles. The average molecular weight is 193 g/mol. The lowest BCUT2D eigenvalue weighted by Crippen LogP contribution is -2.34. The second-order valence-electron chi connectivity index (χ2n) is 3.64. The summed E-state index contributed by atoms with van der Waals surface area (Å²) in [5, 5.41) is 9.74. The highest BCUT2D eigenvalue weighted by atomic mass is 16.3. The van der Waals surface area contributed by atoms with Gasteiger partial charge in [0.1, 0.15) is 5.60 Å². The van der Waals surface area contributed by atoms with E-state index in [2.05, 4.69) is 4.98 Å². The van der Waals surface area contributed by atoms with Crippen molar-refractivity contribution in [2.45, 2.75) is 32.8 Å². The van der Waals surface area contributed by atoms with Gasteiger partial charge in [-0.05, 0) is 32.4 Å². The molecule has 3 nitrogen and oxygen atoms in total. The van der Waals surface area contributed by atoms with E-state index in [0.29, 0.717) is 12.0 Å². The number of carbonyl (C=O) groups excluding carboxylic acids is 1. The van der Waals surface area contributed by atoms with Gasteiger partial charge in [0.25, 0.3) is 0 Å². The third-order valence-electron chi connectivity index (χ3n) is 2.35. The summed E-state index contributed by atoms with van der Waals surface area (Å²) < 4.78 is 0. The van der Waals surface area contributed by atoms with Crippen LogP contribution in [0, 0.1) is 6.92 Å². The lowest BCUT2D eigenvalue weighted by atomic mass is 9.93. The van der Waals surface area contributed by atoms with Crippen LogP contribution in [-0.4, -0.2) is 21.5 Å². The number of aryl methyl sites for hydroxylation is 1. The molecule has 0 aliphatic rings. The summed E-state index contributed by atoms with van der Waals surface area (Å²) in [7, 11) is 0. The Bertz CT molecular complexity index is 328. The minimum absolute atomic E-state index is 0.271. The maximum atomic E-state index is 11.7. The molecule has 76 valence electrons. The molecule has 1 heterocycles. The fourth-order valence-corrected chi connectivity index (χ4v) is 1.07. The lowest BCUT2D eigenvalue weighted by molar-refractivity contribution is 0.0390. The summed E-state index contributed by atoms with van der Waals surface area (Å²) in [5.41, 5.74) is 0.0388. The Morgan fingerprint density at radius 2 is 2.21 bits per heavy atom. The third-order valence-corrected chi connectivity index (χ3v) is 2.35. The number of rotatable bonds is 3. The van der Waals surface area contributed by atoms with Gasteiger partial charge in [0.05, 0.1) is 0 Å². The van der Waals surface area contributed by atoms with Crippen molar-refractivity contribution in [3.63, 3.8) is 0 Å². The van der Waals surface area contributed by atoms with E-state index in [-0.39, 0.29) is 5.78 Å². The highest BCUT2D eigenvalue weighted by molar-refractivity contribution is 6.01. The first-order valence-corrected chi connectivity index (χ1v) is 4.67. The molecule has 1 unspecified atom stereocenters. The van der Waals surface area contributed by atoms with E-state index < -0.39 is 5.60 Å². The molecule has 0 aliphatic carbocycles. The molecule has 0 saturated carbocycles. The average Bonchev–Trinajstić information content (AvgIpc) is 2.18. The van der Waals surface area contributed by atoms with Crippen molar-refractivity contribution in [1.82, 2.24) is 4.98 Å². The summed E-state index contributed by atoms with van der Waals surface area (Å²) >= 11 is 0. The van der Waals surface area contributed by atoms with Crippen LogP contribution in [0.2, 0.25) is 0 Å². The first-order chi connectivity index (χ1) is 6.47. The Morgan fingerprint density at radius 3 is 2.64 bits per heavy atom. The van der Waals surface area contributed by atoms with E-state index in [0.717, 1.165) is 5.69 Å². The smallest absolute Gasteiger partial charge is 0.195 e. The molecule has 0 aliphatic heterocycles. The van der Waals surface area contributed by atoms with Crippen molar-refractivity contribution >= 4 is 5.78 Å². The Labute approximate surface area is 83.8 Å². The van der Waals surface area contributed by atoms with Gasteiger partial charge in [-0.3, -0.25) is 9.78 Å². The van der Waals surface area contributed by atoms with Gasteiger partial charge in [0.2, 0.25) is 0 Å². The topological polar surface area (TPSA) is 50.2 Å². The van der Waals surface area contributed by atoms with Gasteiger partial charge in [-0.15, -0.1) is 0 Å². The fourth-order valence-electron chi connectivity index (χ4n) is 1.07. The number of hydrogen-bond acceptors (Lipinski definition) is 3. The molecule has 1 atom stereocenters. The second-order valence-corrected chi connectivity index (χ2v) is 3.64. The fraction of sp³-hybridized carbons (Fsp3) is 0.455. The van der Waals surface area contributed by atoms with Crippen molar-refractivity contribution < 1.29 is 9.90 Å². The van der Waals surface area contributed by atoms with Crippen LogP contribution in [0.4, 0.5) is 0 Å². The number of carbonyl (C=O) groups is 1. The highest BCUT2D eigenvalue weighted by Gasteiger charge is 2.28. The molecule has 1 aromatic heterocycles. The van der Waals surface area contributed by atoms with E-state index in [1.807, 2.05) is 6.92 Å². The molecule has 0 fully saturated rings. The maximum absolute atomic E-state index is 11.7. The molecule has 1 N–H and O–H groups in total. The van der Waals surface area contributed by atoms with Gasteiger partial charge >= 0.3 is 0 Å². The first kappa shape index (κ1) is 10.9. The molecular weight excluding hydrogens is 178 g/mol. The van der Waals surface area contributed by atoms with E-state index in [1.165, 1.54) is 13.1 Å². The minimum atomic E-state index is -1.28. The van der Waals surface area contributed by atoms with Crippen LogP contribution in [-0.2, 0) is 0 Å². The number of Topliss-reactive ketones (excluding diaryl/α,β-unsaturated/α-hetero) is 1. The summed E-state index contributed by atoms with van der Waals surface area (Å²) in [6.45, 7) is 5.15. The Hall–Kier alpha value is -1.22. The molecule has 1 aromatic rings. The molecule has 0 radical (unpaired) electrons. The molecule has 0 aromatic carbocycles. The Balaban J connectivity index is 2.96. The van der Waals surface area contributed by atoms with Crippen molar-refractivity contribution in [3.05, 3.63) is 29.6 Å². The number of aliphatic hydroxyl groups is 1. The largest absolute Gasteiger partial charge is 0.382 e. The van der Waals surface area contributed by atoms with Crippen molar-refractivity contribution in [2.24, 2.45) is 0 Å². The zero-order chi connectivity index (χ0) is 10.8. The van der Waals surface area contributed by atoms with Crippen LogP contribution in [0.3, 0.4) is 0 Å². The Kier molecular flexibility index (Phi) is 3.01.